The molecule has 2 rings (SSSR count). The molecule has 0 saturated heterocycles. The van der Waals surface area contributed by atoms with Crippen molar-refractivity contribution in [3.8, 4) is 0 Å². The molecule has 0 aliphatic rings. The Morgan fingerprint density at radius 3 is 3.06 bits per heavy atom. The number of rotatable bonds is 6. The predicted molar refractivity (Wildman–Crippen MR) is 68.3 cm³/mol. The van der Waals surface area contributed by atoms with E-state index >= 15 is 0 Å². The first kappa shape index (κ1) is 12.2. The predicted octanol–water partition coefficient (Wildman–Crippen LogP) is 1.68. The smallest absolute Gasteiger partial charge is 0.137 e. The molecule has 0 radical (unpaired) electrons. The third kappa shape index (κ3) is 4.24. The lowest BCUT2D eigenvalue weighted by atomic mass is 10.3. The lowest BCUT2D eigenvalue weighted by Crippen LogP contribution is -2.16. The number of H-pyrrole nitrogens is 1. The molecule has 0 aromatic carbocycles. The van der Waals surface area contributed by atoms with E-state index < -0.39 is 0 Å². The normalized spacial score (nSPS) is 10.6. The van der Waals surface area contributed by atoms with Crippen LogP contribution in [0.15, 0.2) is 29.1 Å². The first-order chi connectivity index (χ1) is 8.34. The van der Waals surface area contributed by atoms with Crippen LogP contribution in [-0.2, 0) is 13.0 Å². The quantitative estimate of drug-likeness (QED) is 0.629. The van der Waals surface area contributed by atoms with Gasteiger partial charge in [-0.2, -0.15) is 5.10 Å². The molecule has 2 aromatic rings. The first-order valence-corrected chi connectivity index (χ1v) is 6.30. The van der Waals surface area contributed by atoms with E-state index in [-0.39, 0.29) is 0 Å². The average molecular weight is 296 g/mol. The first-order valence-electron chi connectivity index (χ1n) is 5.51. The molecular weight excluding hydrogens is 282 g/mol. The van der Waals surface area contributed by atoms with Crippen molar-refractivity contribution < 1.29 is 0 Å². The van der Waals surface area contributed by atoms with Crippen LogP contribution in [0.3, 0.4) is 0 Å². The lowest BCUT2D eigenvalue weighted by molar-refractivity contribution is 0.631. The molecule has 0 unspecified atom stereocenters. The van der Waals surface area contributed by atoms with Gasteiger partial charge in [-0.3, -0.25) is 5.10 Å². The van der Waals surface area contributed by atoms with Gasteiger partial charge in [-0.1, -0.05) is 6.07 Å². The van der Waals surface area contributed by atoms with E-state index in [9.17, 15) is 0 Å². The van der Waals surface area contributed by atoms with Gasteiger partial charge in [0, 0.05) is 13.0 Å². The molecule has 0 saturated carbocycles. The molecular formula is C11H14BrN5. The third-order valence-electron chi connectivity index (χ3n) is 2.31. The molecule has 90 valence electrons. The number of hydrogen-bond donors (Lipinski definition) is 2. The van der Waals surface area contributed by atoms with E-state index in [4.69, 9.17) is 0 Å². The minimum atomic E-state index is 0.788. The monoisotopic (exact) mass is 295 g/mol. The highest BCUT2D eigenvalue weighted by Gasteiger charge is 1.97. The summed E-state index contributed by atoms with van der Waals surface area (Å²) >= 11 is 3.35. The summed E-state index contributed by atoms with van der Waals surface area (Å²) < 4.78 is 0.874. The molecule has 17 heavy (non-hydrogen) atoms. The summed E-state index contributed by atoms with van der Waals surface area (Å²) in [6.07, 6.45) is 3.48. The van der Waals surface area contributed by atoms with Crippen LogP contribution in [0.2, 0.25) is 0 Å². The van der Waals surface area contributed by atoms with Gasteiger partial charge < -0.3 is 5.32 Å². The second-order valence-corrected chi connectivity index (χ2v) is 4.48. The topological polar surface area (TPSA) is 66.5 Å². The molecule has 0 aliphatic heterocycles. The molecule has 0 bridgehead atoms. The van der Waals surface area contributed by atoms with Crippen LogP contribution in [0.1, 0.15) is 17.9 Å². The highest BCUT2D eigenvalue weighted by atomic mass is 79.9. The number of aromatic amines is 1. The molecule has 0 aliphatic carbocycles. The number of hydrogen-bond acceptors (Lipinski definition) is 4. The largest absolute Gasteiger partial charge is 0.311 e. The lowest BCUT2D eigenvalue weighted by Gasteiger charge is -2.03. The minimum Gasteiger partial charge on any atom is -0.311 e. The van der Waals surface area contributed by atoms with Crippen LogP contribution in [0.5, 0.6) is 0 Å². The Morgan fingerprint density at radius 2 is 2.29 bits per heavy atom. The molecule has 6 heteroatoms. The zero-order valence-corrected chi connectivity index (χ0v) is 10.9. The summed E-state index contributed by atoms with van der Waals surface area (Å²) in [5, 5.41) is 10.00. The van der Waals surface area contributed by atoms with Crippen LogP contribution >= 0.6 is 15.9 Å². The molecule has 2 heterocycles. The fraction of sp³-hybridized carbons (Fsp3) is 0.364. The highest BCUT2D eigenvalue weighted by Crippen LogP contribution is 2.05. The zero-order chi connectivity index (χ0) is 11.9. The summed E-state index contributed by atoms with van der Waals surface area (Å²) in [7, 11) is 0. The second-order valence-electron chi connectivity index (χ2n) is 3.66. The van der Waals surface area contributed by atoms with Crippen molar-refractivity contribution in [2.75, 3.05) is 6.54 Å². The summed E-state index contributed by atoms with van der Waals surface area (Å²) in [6, 6.07) is 5.92. The molecule has 0 spiro atoms. The number of nitrogens with zero attached hydrogens (tertiary/aromatic N) is 3. The standard InChI is InChI=1S/C11H14BrN5/c12-10-4-1-3-9(16-10)7-13-6-2-5-11-14-8-15-17-11/h1,3-4,8,13H,2,5-7H2,(H,14,15,17). The Bertz CT molecular complexity index is 443. The Hall–Kier alpha value is -1.27. The van der Waals surface area contributed by atoms with E-state index in [0.29, 0.717) is 0 Å². The summed E-state index contributed by atoms with van der Waals surface area (Å²) in [4.78, 5) is 8.42. The van der Waals surface area contributed by atoms with Gasteiger partial charge in [0.15, 0.2) is 0 Å². The van der Waals surface area contributed by atoms with Crippen LogP contribution < -0.4 is 5.32 Å². The Kier molecular flexibility index (Phi) is 4.63. The summed E-state index contributed by atoms with van der Waals surface area (Å²) in [5.41, 5.74) is 1.04. The van der Waals surface area contributed by atoms with Gasteiger partial charge in [-0.05, 0) is 41.0 Å². The van der Waals surface area contributed by atoms with Crippen molar-refractivity contribution in [2.45, 2.75) is 19.4 Å². The van der Waals surface area contributed by atoms with E-state index in [2.05, 4.69) is 41.4 Å². The second kappa shape index (κ2) is 6.46. The van der Waals surface area contributed by atoms with E-state index in [1.807, 2.05) is 18.2 Å². The Morgan fingerprint density at radius 1 is 1.35 bits per heavy atom. The maximum Gasteiger partial charge on any atom is 0.137 e. The average Bonchev–Trinajstić information content (AvgIpc) is 2.82. The van der Waals surface area contributed by atoms with Crippen LogP contribution in [0.4, 0.5) is 0 Å². The summed E-state index contributed by atoms with van der Waals surface area (Å²) in [5.74, 6) is 0.937. The van der Waals surface area contributed by atoms with Crippen LogP contribution in [0, 0.1) is 0 Å². The van der Waals surface area contributed by atoms with Crippen molar-refractivity contribution in [3.63, 3.8) is 0 Å². The molecule has 2 N–H and O–H groups in total. The van der Waals surface area contributed by atoms with Gasteiger partial charge in [0.25, 0.3) is 0 Å². The Labute approximate surface area is 108 Å². The Balaban J connectivity index is 1.63. The maximum atomic E-state index is 4.35. The van der Waals surface area contributed by atoms with E-state index in [1.165, 1.54) is 6.33 Å². The van der Waals surface area contributed by atoms with Crippen molar-refractivity contribution in [1.29, 1.82) is 0 Å². The van der Waals surface area contributed by atoms with Crippen molar-refractivity contribution in [1.82, 2.24) is 25.5 Å². The fourth-order valence-electron chi connectivity index (χ4n) is 1.50. The van der Waals surface area contributed by atoms with E-state index in [0.717, 1.165) is 42.1 Å². The highest BCUT2D eigenvalue weighted by molar-refractivity contribution is 9.10. The van der Waals surface area contributed by atoms with Crippen LogP contribution in [0.25, 0.3) is 0 Å². The number of nitrogens with one attached hydrogen (secondary N) is 2. The third-order valence-corrected chi connectivity index (χ3v) is 2.75. The molecule has 0 atom stereocenters. The van der Waals surface area contributed by atoms with Crippen molar-refractivity contribution in [3.05, 3.63) is 40.6 Å². The SMILES string of the molecule is Brc1cccc(CNCCCc2ncn[nH]2)n1. The summed E-state index contributed by atoms with van der Waals surface area (Å²) in [6.45, 7) is 1.73. The van der Waals surface area contributed by atoms with Crippen molar-refractivity contribution in [2.24, 2.45) is 0 Å². The fourth-order valence-corrected chi connectivity index (χ4v) is 1.88. The minimum absolute atomic E-state index is 0.788. The van der Waals surface area contributed by atoms with Gasteiger partial charge in [-0.15, -0.1) is 0 Å². The number of pyridine rings is 1. The number of aryl methyl sites for hydroxylation is 1. The van der Waals surface area contributed by atoms with Crippen molar-refractivity contribution >= 4 is 15.9 Å². The molecule has 0 amide bonds. The maximum absolute atomic E-state index is 4.35. The molecule has 2 aromatic heterocycles. The van der Waals surface area contributed by atoms with Gasteiger partial charge in [0.1, 0.15) is 16.8 Å². The van der Waals surface area contributed by atoms with Gasteiger partial charge in [0.2, 0.25) is 0 Å². The molecule has 0 fully saturated rings. The number of aromatic nitrogens is 4. The molecule has 5 nitrogen and oxygen atoms in total. The van der Waals surface area contributed by atoms with Gasteiger partial charge in [-0.25, -0.2) is 9.97 Å². The van der Waals surface area contributed by atoms with Gasteiger partial charge in [0.05, 0.1) is 5.69 Å². The van der Waals surface area contributed by atoms with E-state index in [1.54, 1.807) is 0 Å². The van der Waals surface area contributed by atoms with Crippen LogP contribution in [-0.4, -0.2) is 26.7 Å². The number of halogens is 1. The van der Waals surface area contributed by atoms with Gasteiger partial charge >= 0.3 is 0 Å². The zero-order valence-electron chi connectivity index (χ0n) is 9.36.